The molecule has 1 amide bonds. The van der Waals surface area contributed by atoms with Crippen LogP contribution in [0.4, 0.5) is 20.2 Å². The van der Waals surface area contributed by atoms with Gasteiger partial charge in [0.25, 0.3) is 5.91 Å². The number of benzene rings is 1. The predicted octanol–water partition coefficient (Wildman–Crippen LogP) is 3.31. The fraction of sp³-hybridized carbons (Fsp3) is 0.0769. The SMILES string of the molecule is CNc1cnccc1C(=O)Nc1c(F)cc(F)cc1Cl. The number of rotatable bonds is 3. The molecule has 0 saturated carbocycles. The molecule has 2 rings (SSSR count). The van der Waals surface area contributed by atoms with Gasteiger partial charge >= 0.3 is 0 Å². The molecule has 0 fully saturated rings. The van der Waals surface area contributed by atoms with E-state index in [1.807, 2.05) is 0 Å². The van der Waals surface area contributed by atoms with E-state index in [9.17, 15) is 13.6 Å². The molecule has 0 aliphatic heterocycles. The molecule has 1 heterocycles. The maximum absolute atomic E-state index is 13.6. The Labute approximate surface area is 118 Å². The van der Waals surface area contributed by atoms with Crippen molar-refractivity contribution in [3.63, 3.8) is 0 Å². The Hall–Kier alpha value is -2.21. The number of amides is 1. The van der Waals surface area contributed by atoms with Crippen molar-refractivity contribution in [3.05, 3.63) is 52.8 Å². The number of carbonyl (C=O) groups excluding carboxylic acids is 1. The highest BCUT2D eigenvalue weighted by Crippen LogP contribution is 2.27. The second-order valence-electron chi connectivity index (χ2n) is 3.87. The monoisotopic (exact) mass is 297 g/mol. The molecule has 0 aliphatic carbocycles. The molecule has 0 atom stereocenters. The summed E-state index contributed by atoms with van der Waals surface area (Å²) in [6.07, 6.45) is 2.88. The van der Waals surface area contributed by atoms with Crippen molar-refractivity contribution >= 4 is 28.9 Å². The third-order valence-corrected chi connectivity index (χ3v) is 2.88. The minimum absolute atomic E-state index is 0.212. The Balaban J connectivity index is 2.33. The number of halogens is 3. The van der Waals surface area contributed by atoms with Crippen LogP contribution in [-0.2, 0) is 0 Å². The van der Waals surface area contributed by atoms with E-state index < -0.39 is 17.5 Å². The van der Waals surface area contributed by atoms with Crippen molar-refractivity contribution in [2.24, 2.45) is 0 Å². The first-order valence-corrected chi connectivity index (χ1v) is 5.98. The largest absolute Gasteiger partial charge is 0.386 e. The zero-order valence-corrected chi connectivity index (χ0v) is 11.1. The standard InChI is InChI=1S/C13H10ClF2N3O/c1-17-11-6-18-3-2-8(11)13(20)19-12-9(14)4-7(15)5-10(12)16/h2-6,17H,1H3,(H,19,20). The second-order valence-corrected chi connectivity index (χ2v) is 4.28. The third-order valence-electron chi connectivity index (χ3n) is 2.58. The molecule has 1 aromatic heterocycles. The van der Waals surface area contributed by atoms with Crippen LogP contribution < -0.4 is 10.6 Å². The lowest BCUT2D eigenvalue weighted by Gasteiger charge is -2.11. The smallest absolute Gasteiger partial charge is 0.257 e. The number of nitrogens with one attached hydrogen (secondary N) is 2. The van der Waals surface area contributed by atoms with Gasteiger partial charge in [0.2, 0.25) is 0 Å². The summed E-state index contributed by atoms with van der Waals surface area (Å²) < 4.78 is 26.5. The maximum atomic E-state index is 13.6. The number of pyridine rings is 1. The molecular weight excluding hydrogens is 288 g/mol. The van der Waals surface area contributed by atoms with Crippen LogP contribution >= 0.6 is 11.6 Å². The van der Waals surface area contributed by atoms with Crippen LogP contribution in [0, 0.1) is 11.6 Å². The number of aromatic nitrogens is 1. The van der Waals surface area contributed by atoms with E-state index >= 15 is 0 Å². The highest BCUT2D eigenvalue weighted by Gasteiger charge is 2.16. The number of hydrogen-bond acceptors (Lipinski definition) is 3. The number of hydrogen-bond donors (Lipinski definition) is 2. The fourth-order valence-electron chi connectivity index (χ4n) is 1.63. The van der Waals surface area contributed by atoms with Crippen LogP contribution in [0.25, 0.3) is 0 Å². The maximum Gasteiger partial charge on any atom is 0.257 e. The van der Waals surface area contributed by atoms with Crippen LogP contribution in [0.5, 0.6) is 0 Å². The van der Waals surface area contributed by atoms with E-state index in [4.69, 9.17) is 11.6 Å². The van der Waals surface area contributed by atoms with Gasteiger partial charge in [0.15, 0.2) is 5.82 Å². The Bertz CT molecular complexity index is 641. The van der Waals surface area contributed by atoms with Crippen molar-refractivity contribution in [3.8, 4) is 0 Å². The molecule has 1 aromatic carbocycles. The lowest BCUT2D eigenvalue weighted by atomic mass is 10.2. The molecule has 4 nitrogen and oxygen atoms in total. The molecule has 7 heteroatoms. The molecule has 0 aliphatic rings. The van der Waals surface area contributed by atoms with E-state index in [1.165, 1.54) is 18.5 Å². The molecule has 20 heavy (non-hydrogen) atoms. The third kappa shape index (κ3) is 2.85. The number of anilines is 2. The minimum Gasteiger partial charge on any atom is -0.386 e. The molecule has 0 bridgehead atoms. The summed E-state index contributed by atoms with van der Waals surface area (Å²) in [5.41, 5.74) is 0.475. The Morgan fingerprint density at radius 2 is 2.10 bits per heavy atom. The van der Waals surface area contributed by atoms with Crippen LogP contribution in [0.15, 0.2) is 30.6 Å². The first kappa shape index (κ1) is 14.2. The molecular formula is C13H10ClF2N3O. The summed E-state index contributed by atoms with van der Waals surface area (Å²) in [7, 11) is 1.62. The van der Waals surface area contributed by atoms with Gasteiger partial charge in [-0.25, -0.2) is 8.78 Å². The van der Waals surface area contributed by atoms with Gasteiger partial charge < -0.3 is 10.6 Å². The molecule has 0 spiro atoms. The van der Waals surface area contributed by atoms with Gasteiger partial charge in [-0.1, -0.05) is 11.6 Å². The van der Waals surface area contributed by atoms with Gasteiger partial charge in [-0.15, -0.1) is 0 Å². The molecule has 0 saturated heterocycles. The van der Waals surface area contributed by atoms with Gasteiger partial charge in [0.1, 0.15) is 5.82 Å². The number of nitrogens with zero attached hydrogens (tertiary/aromatic N) is 1. The molecule has 104 valence electrons. The zero-order valence-electron chi connectivity index (χ0n) is 10.4. The Kier molecular flexibility index (Phi) is 4.14. The first-order valence-electron chi connectivity index (χ1n) is 5.60. The quantitative estimate of drug-likeness (QED) is 0.914. The van der Waals surface area contributed by atoms with Gasteiger partial charge in [-0.2, -0.15) is 0 Å². The van der Waals surface area contributed by atoms with Crippen LogP contribution in [0.3, 0.4) is 0 Å². The van der Waals surface area contributed by atoms with Gasteiger partial charge in [-0.05, 0) is 12.1 Å². The van der Waals surface area contributed by atoms with Crippen molar-refractivity contribution in [1.29, 1.82) is 0 Å². The average molecular weight is 298 g/mol. The highest BCUT2D eigenvalue weighted by molar-refractivity contribution is 6.34. The van der Waals surface area contributed by atoms with Gasteiger partial charge in [-0.3, -0.25) is 9.78 Å². The zero-order chi connectivity index (χ0) is 14.7. The second kappa shape index (κ2) is 5.83. The average Bonchev–Trinajstić information content (AvgIpc) is 2.42. The summed E-state index contributed by atoms with van der Waals surface area (Å²) in [6.45, 7) is 0. The fourth-order valence-corrected chi connectivity index (χ4v) is 1.88. The minimum atomic E-state index is -0.941. The normalized spacial score (nSPS) is 10.2. The van der Waals surface area contributed by atoms with Crippen molar-refractivity contribution in [2.45, 2.75) is 0 Å². The summed E-state index contributed by atoms with van der Waals surface area (Å²) in [5, 5.41) is 4.89. The van der Waals surface area contributed by atoms with Gasteiger partial charge in [0.05, 0.1) is 28.2 Å². The summed E-state index contributed by atoms with van der Waals surface area (Å²) in [4.78, 5) is 15.9. The van der Waals surface area contributed by atoms with Crippen LogP contribution in [-0.4, -0.2) is 17.9 Å². The van der Waals surface area contributed by atoms with Gasteiger partial charge in [0, 0.05) is 19.3 Å². The van der Waals surface area contributed by atoms with Crippen LogP contribution in [0.2, 0.25) is 5.02 Å². The Morgan fingerprint density at radius 3 is 2.75 bits per heavy atom. The van der Waals surface area contributed by atoms with E-state index in [0.717, 1.165) is 6.07 Å². The van der Waals surface area contributed by atoms with E-state index in [-0.39, 0.29) is 16.3 Å². The lowest BCUT2D eigenvalue weighted by molar-refractivity contribution is 0.102. The van der Waals surface area contributed by atoms with Crippen molar-refractivity contribution in [1.82, 2.24) is 4.98 Å². The van der Waals surface area contributed by atoms with Crippen molar-refractivity contribution < 1.29 is 13.6 Å². The highest BCUT2D eigenvalue weighted by atomic mass is 35.5. The first-order chi connectivity index (χ1) is 9.52. The number of carbonyl (C=O) groups is 1. The molecule has 2 N–H and O–H groups in total. The molecule has 2 aromatic rings. The summed E-state index contributed by atoms with van der Waals surface area (Å²) >= 11 is 5.72. The van der Waals surface area contributed by atoms with E-state index in [2.05, 4.69) is 15.6 Å². The van der Waals surface area contributed by atoms with Crippen molar-refractivity contribution in [2.75, 3.05) is 17.7 Å². The van der Waals surface area contributed by atoms with Crippen LogP contribution in [0.1, 0.15) is 10.4 Å². The summed E-state index contributed by atoms with van der Waals surface area (Å²) in [5.74, 6) is -2.34. The molecule has 0 unspecified atom stereocenters. The van der Waals surface area contributed by atoms with E-state index in [0.29, 0.717) is 11.8 Å². The lowest BCUT2D eigenvalue weighted by Crippen LogP contribution is -2.15. The Morgan fingerprint density at radius 1 is 1.35 bits per heavy atom. The summed E-state index contributed by atoms with van der Waals surface area (Å²) in [6, 6.07) is 3.04. The predicted molar refractivity (Wildman–Crippen MR) is 73.1 cm³/mol. The van der Waals surface area contributed by atoms with E-state index in [1.54, 1.807) is 7.05 Å². The molecule has 0 radical (unpaired) electrons. The topological polar surface area (TPSA) is 54.0 Å².